The molecule has 0 spiro atoms. The third-order valence-corrected chi connectivity index (χ3v) is 11.5. The predicted octanol–water partition coefficient (Wildman–Crippen LogP) is 6.15. The maximum Gasteiger partial charge on any atom is 0.319 e. The van der Waals surface area contributed by atoms with Gasteiger partial charge in [0.2, 0.25) is 0 Å². The molecule has 1 N–H and O–H groups in total. The van der Waals surface area contributed by atoms with Gasteiger partial charge in [0.1, 0.15) is 29.5 Å². The number of fused-ring (bicyclic) bond motifs is 7. The van der Waals surface area contributed by atoms with Crippen LogP contribution < -0.4 is 15.0 Å². The summed E-state index contributed by atoms with van der Waals surface area (Å²) >= 11 is 0. The summed E-state index contributed by atoms with van der Waals surface area (Å²) in [6.07, 6.45) is 16.3. The van der Waals surface area contributed by atoms with Crippen molar-refractivity contribution in [3.63, 3.8) is 0 Å². The fourth-order valence-electron chi connectivity index (χ4n) is 9.36. The number of hydrogen-bond donors (Lipinski definition) is 1. The van der Waals surface area contributed by atoms with E-state index in [1.807, 2.05) is 12.1 Å². The van der Waals surface area contributed by atoms with E-state index in [0.717, 1.165) is 87.9 Å². The summed E-state index contributed by atoms with van der Waals surface area (Å²) in [5.74, 6) is 2.17. The lowest BCUT2D eigenvalue weighted by Gasteiger charge is -2.50. The summed E-state index contributed by atoms with van der Waals surface area (Å²) in [6, 6.07) is 9.72. The summed E-state index contributed by atoms with van der Waals surface area (Å²) in [5, 5.41) is 5.76. The van der Waals surface area contributed by atoms with E-state index < -0.39 is 11.6 Å². The Kier molecular flexibility index (Phi) is 6.69. The lowest BCUT2D eigenvalue weighted by atomic mass is 9.84. The smallest absolute Gasteiger partial charge is 0.319 e. The molecule has 0 aliphatic carbocycles. The van der Waals surface area contributed by atoms with E-state index in [0.29, 0.717) is 41.4 Å². The number of terminal acetylenes is 1. The minimum absolute atomic E-state index is 0.00425. The summed E-state index contributed by atoms with van der Waals surface area (Å²) in [6.45, 7) is 3.49. The second-order valence-electron chi connectivity index (χ2n) is 14.0. The first-order valence-corrected chi connectivity index (χ1v) is 17.0. The molecule has 0 saturated carbocycles. The van der Waals surface area contributed by atoms with E-state index >= 15 is 4.39 Å². The largest absolute Gasteiger partial charge is 0.461 e. The highest BCUT2D eigenvalue weighted by atomic mass is 19.1. The van der Waals surface area contributed by atoms with Gasteiger partial charge in [-0.05, 0) is 82.3 Å². The van der Waals surface area contributed by atoms with Gasteiger partial charge in [-0.2, -0.15) is 9.97 Å². The number of aromatic nitrogens is 3. The summed E-state index contributed by atoms with van der Waals surface area (Å²) in [5.41, 5.74) is 1.69. The van der Waals surface area contributed by atoms with Gasteiger partial charge < -0.3 is 15.0 Å². The Labute approximate surface area is 267 Å². The van der Waals surface area contributed by atoms with Gasteiger partial charge in [0, 0.05) is 35.6 Å². The van der Waals surface area contributed by atoms with Crippen molar-refractivity contribution in [3.05, 3.63) is 53.2 Å². The van der Waals surface area contributed by atoms with Crippen molar-refractivity contribution in [1.82, 2.24) is 25.2 Å². The van der Waals surface area contributed by atoms with Crippen LogP contribution in [0.3, 0.4) is 0 Å². The third kappa shape index (κ3) is 4.33. The molecule has 7 nitrogen and oxygen atoms in total. The summed E-state index contributed by atoms with van der Waals surface area (Å²) < 4.78 is 38.7. The number of ether oxygens (including phenoxy) is 1. The average molecular weight is 621 g/mol. The number of benzene rings is 2. The molecule has 0 radical (unpaired) electrons. The molecule has 236 valence electrons. The van der Waals surface area contributed by atoms with Crippen molar-refractivity contribution in [2.75, 3.05) is 31.1 Å². The van der Waals surface area contributed by atoms with E-state index in [2.05, 4.69) is 21.0 Å². The Hall–Kier alpha value is -3.87. The zero-order chi connectivity index (χ0) is 31.0. The normalized spacial score (nSPS) is 25.2. The molecule has 4 saturated heterocycles. The molecular formula is C37H38F2N6O. The molecule has 2 aromatic heterocycles. The van der Waals surface area contributed by atoms with Crippen LogP contribution in [0.4, 0.5) is 14.6 Å². The van der Waals surface area contributed by atoms with Gasteiger partial charge in [-0.3, -0.25) is 4.90 Å². The summed E-state index contributed by atoms with van der Waals surface area (Å²) in [4.78, 5) is 19.9. The van der Waals surface area contributed by atoms with Gasteiger partial charge in [0.25, 0.3) is 0 Å². The van der Waals surface area contributed by atoms with Gasteiger partial charge in [-0.1, -0.05) is 36.6 Å². The highest BCUT2D eigenvalue weighted by Crippen LogP contribution is 2.43. The van der Waals surface area contributed by atoms with E-state index in [9.17, 15) is 4.39 Å². The first kappa shape index (κ1) is 28.4. The minimum atomic E-state index is -0.555. The standard InChI is InChI=1S/C37H38F2N6O/c1-2-24-26(38)15-14-22-8-3-10-25(30(22)24)33-32(39)34-31-28(41-33)12-5-13-29-27-11-4-9-23(40-27)20-45(29)35(31)43-36(42-34)46-21-37-16-6-18-44(37)19-7-17-37/h1,3,8,10,14-15,23,27,29,40H,4-7,9,11-13,16-21H2/t23-,27?,29?/m0/s1. The molecule has 2 unspecified atom stereocenters. The molecule has 46 heavy (non-hydrogen) atoms. The van der Waals surface area contributed by atoms with Crippen molar-refractivity contribution in [3.8, 4) is 29.6 Å². The molecular weight excluding hydrogens is 582 g/mol. The molecule has 7 heterocycles. The number of rotatable bonds is 4. The van der Waals surface area contributed by atoms with Crippen LogP contribution in [0.15, 0.2) is 30.3 Å². The maximum atomic E-state index is 17.2. The van der Waals surface area contributed by atoms with Crippen LogP contribution in [0.1, 0.15) is 69.0 Å². The van der Waals surface area contributed by atoms with Gasteiger partial charge in [-0.25, -0.2) is 13.8 Å². The van der Waals surface area contributed by atoms with Crippen LogP contribution in [-0.2, 0) is 6.42 Å². The minimum Gasteiger partial charge on any atom is -0.461 e. The lowest BCUT2D eigenvalue weighted by molar-refractivity contribution is 0.107. The fraction of sp³-hybridized carbons (Fsp3) is 0.486. The monoisotopic (exact) mass is 620 g/mol. The molecule has 5 aliphatic heterocycles. The van der Waals surface area contributed by atoms with Crippen LogP contribution in [-0.4, -0.2) is 69.8 Å². The van der Waals surface area contributed by atoms with E-state index in [4.69, 9.17) is 26.1 Å². The second kappa shape index (κ2) is 10.9. The SMILES string of the molecule is C#Cc1c(F)ccc2cccc(-c3nc4c5c(nc(OCC67CCCN6CCC7)nc5c3F)N3C[C@@H]5CCCC(N5)C3CCC4)c12. The van der Waals surface area contributed by atoms with E-state index in [-0.39, 0.29) is 34.4 Å². The second-order valence-corrected chi connectivity index (χ2v) is 14.0. The predicted molar refractivity (Wildman–Crippen MR) is 175 cm³/mol. The zero-order valence-corrected chi connectivity index (χ0v) is 26.0. The molecule has 2 aromatic carbocycles. The van der Waals surface area contributed by atoms with Crippen molar-refractivity contribution < 1.29 is 13.5 Å². The molecule has 0 amide bonds. The van der Waals surface area contributed by atoms with Crippen LogP contribution in [0.2, 0.25) is 0 Å². The number of aryl methyl sites for hydroxylation is 1. The third-order valence-electron chi connectivity index (χ3n) is 11.5. The van der Waals surface area contributed by atoms with Gasteiger partial charge in [0.05, 0.1) is 22.2 Å². The number of anilines is 1. The molecule has 5 aliphatic rings. The highest BCUT2D eigenvalue weighted by molar-refractivity contribution is 6.02. The molecule has 3 atom stereocenters. The van der Waals surface area contributed by atoms with Crippen LogP contribution in [0.5, 0.6) is 6.01 Å². The average Bonchev–Trinajstić information content (AvgIpc) is 3.65. The number of hydrogen-bond acceptors (Lipinski definition) is 7. The topological polar surface area (TPSA) is 66.4 Å². The van der Waals surface area contributed by atoms with E-state index in [1.165, 1.54) is 12.5 Å². The Bertz CT molecular complexity index is 1910. The molecule has 9 heteroatoms. The van der Waals surface area contributed by atoms with E-state index in [1.54, 1.807) is 12.1 Å². The Balaban J connectivity index is 1.25. The number of piperazine rings is 1. The number of piperidine rings is 1. The zero-order valence-electron chi connectivity index (χ0n) is 26.0. The molecule has 9 rings (SSSR count). The first-order chi connectivity index (χ1) is 22.5. The Morgan fingerprint density at radius 3 is 2.70 bits per heavy atom. The van der Waals surface area contributed by atoms with Crippen LogP contribution in [0, 0.1) is 24.0 Å². The molecule has 4 aromatic rings. The van der Waals surface area contributed by atoms with Gasteiger partial charge in [0.15, 0.2) is 5.82 Å². The van der Waals surface area contributed by atoms with Crippen LogP contribution in [0.25, 0.3) is 32.9 Å². The van der Waals surface area contributed by atoms with Crippen LogP contribution >= 0.6 is 0 Å². The van der Waals surface area contributed by atoms with Crippen molar-refractivity contribution in [1.29, 1.82) is 0 Å². The number of pyridine rings is 1. The van der Waals surface area contributed by atoms with Crippen molar-refractivity contribution in [2.24, 2.45) is 0 Å². The lowest BCUT2D eigenvalue weighted by Crippen LogP contribution is -2.64. The highest BCUT2D eigenvalue weighted by Gasteiger charge is 2.45. The van der Waals surface area contributed by atoms with Crippen molar-refractivity contribution >= 4 is 27.5 Å². The van der Waals surface area contributed by atoms with Gasteiger partial charge in [-0.15, -0.1) is 6.42 Å². The Morgan fingerprint density at radius 2 is 1.85 bits per heavy atom. The molecule has 4 fully saturated rings. The molecule has 2 bridgehead atoms. The fourth-order valence-corrected chi connectivity index (χ4v) is 9.36. The number of nitrogens with zero attached hydrogens (tertiary/aromatic N) is 5. The van der Waals surface area contributed by atoms with Crippen molar-refractivity contribution in [2.45, 2.75) is 87.9 Å². The number of nitrogens with one attached hydrogen (secondary N) is 1. The van der Waals surface area contributed by atoms with Gasteiger partial charge >= 0.3 is 6.01 Å². The summed E-state index contributed by atoms with van der Waals surface area (Å²) in [7, 11) is 0. The Morgan fingerprint density at radius 1 is 0.978 bits per heavy atom. The maximum absolute atomic E-state index is 17.2. The first-order valence-electron chi connectivity index (χ1n) is 17.0. The number of halogens is 2. The quantitative estimate of drug-likeness (QED) is 0.275.